The molecule has 0 amide bonds. The molecule has 2 heterocycles. The lowest BCUT2D eigenvalue weighted by molar-refractivity contribution is 0.280. The molecule has 2 aliphatic heterocycles. The molecule has 0 radical (unpaired) electrons. The number of hydrogen-bond donors (Lipinski definition) is 1. The summed E-state index contributed by atoms with van der Waals surface area (Å²) in [4.78, 5) is 5.23. The molecular weight excluding hydrogens is 222 g/mol. The average molecular weight is 253 g/mol. The van der Waals surface area contributed by atoms with E-state index in [4.69, 9.17) is 0 Å². The second-order valence-corrected chi connectivity index (χ2v) is 6.22. The van der Waals surface area contributed by atoms with Crippen LogP contribution in [0.25, 0.3) is 0 Å². The van der Waals surface area contributed by atoms with Crippen LogP contribution in [0.15, 0.2) is 0 Å². The topological polar surface area (TPSA) is 18.5 Å². The highest BCUT2D eigenvalue weighted by atomic mass is 15.1. The summed E-state index contributed by atoms with van der Waals surface area (Å²) in [5.41, 5.74) is 0. The lowest BCUT2D eigenvalue weighted by atomic mass is 10.1. The standard InChI is InChI=1S/C15H31N3/c1-15(14-18-10-4-5-11-18)13-16-7-6-12-17-8-2-3-9-17/h15-16H,2-14H2,1H3. The molecule has 2 aliphatic rings. The van der Waals surface area contributed by atoms with E-state index in [0.717, 1.165) is 5.92 Å². The third-order valence-corrected chi connectivity index (χ3v) is 4.29. The number of likely N-dealkylation sites (tertiary alicyclic amines) is 2. The maximum atomic E-state index is 3.63. The Balaban J connectivity index is 1.42. The molecule has 0 bridgehead atoms. The highest BCUT2D eigenvalue weighted by Gasteiger charge is 2.14. The molecule has 0 aromatic carbocycles. The molecule has 3 nitrogen and oxygen atoms in total. The zero-order valence-electron chi connectivity index (χ0n) is 12.2. The highest BCUT2D eigenvalue weighted by molar-refractivity contribution is 4.70. The van der Waals surface area contributed by atoms with Gasteiger partial charge in [-0.15, -0.1) is 0 Å². The van der Waals surface area contributed by atoms with Crippen LogP contribution in [-0.2, 0) is 0 Å². The third kappa shape index (κ3) is 5.25. The van der Waals surface area contributed by atoms with E-state index in [1.807, 2.05) is 0 Å². The lowest BCUT2D eigenvalue weighted by Gasteiger charge is -2.21. The lowest BCUT2D eigenvalue weighted by Crippen LogP contribution is -2.33. The van der Waals surface area contributed by atoms with Gasteiger partial charge in [0.25, 0.3) is 0 Å². The van der Waals surface area contributed by atoms with Gasteiger partial charge in [0.05, 0.1) is 0 Å². The molecule has 0 spiro atoms. The molecule has 18 heavy (non-hydrogen) atoms. The predicted octanol–water partition coefficient (Wildman–Crippen LogP) is 1.79. The van der Waals surface area contributed by atoms with Crippen molar-refractivity contribution >= 4 is 0 Å². The van der Waals surface area contributed by atoms with Gasteiger partial charge in [-0.1, -0.05) is 6.92 Å². The van der Waals surface area contributed by atoms with Crippen molar-refractivity contribution in [2.45, 2.75) is 39.0 Å². The minimum Gasteiger partial charge on any atom is -0.316 e. The van der Waals surface area contributed by atoms with E-state index in [-0.39, 0.29) is 0 Å². The Morgan fingerprint density at radius 1 is 0.944 bits per heavy atom. The van der Waals surface area contributed by atoms with Crippen LogP contribution in [-0.4, -0.2) is 62.2 Å². The van der Waals surface area contributed by atoms with Gasteiger partial charge < -0.3 is 15.1 Å². The summed E-state index contributed by atoms with van der Waals surface area (Å²) >= 11 is 0. The summed E-state index contributed by atoms with van der Waals surface area (Å²) in [7, 11) is 0. The zero-order valence-corrected chi connectivity index (χ0v) is 12.2. The molecule has 2 saturated heterocycles. The van der Waals surface area contributed by atoms with Crippen molar-refractivity contribution in [1.82, 2.24) is 15.1 Å². The van der Waals surface area contributed by atoms with Crippen LogP contribution in [0, 0.1) is 5.92 Å². The Morgan fingerprint density at radius 2 is 1.56 bits per heavy atom. The van der Waals surface area contributed by atoms with Crippen LogP contribution in [0.1, 0.15) is 39.0 Å². The van der Waals surface area contributed by atoms with E-state index < -0.39 is 0 Å². The first-order chi connectivity index (χ1) is 8.84. The van der Waals surface area contributed by atoms with Gasteiger partial charge >= 0.3 is 0 Å². The number of rotatable bonds is 8. The van der Waals surface area contributed by atoms with Crippen molar-refractivity contribution in [3.63, 3.8) is 0 Å². The fourth-order valence-electron chi connectivity index (χ4n) is 3.25. The Labute approximate surface area is 113 Å². The maximum Gasteiger partial charge on any atom is 0.00191 e. The van der Waals surface area contributed by atoms with Crippen molar-refractivity contribution in [2.24, 2.45) is 5.92 Å². The van der Waals surface area contributed by atoms with Gasteiger partial charge in [-0.05, 0) is 83.8 Å². The van der Waals surface area contributed by atoms with Crippen LogP contribution in [0.3, 0.4) is 0 Å². The summed E-state index contributed by atoms with van der Waals surface area (Å²) in [6.45, 7) is 12.7. The second-order valence-electron chi connectivity index (χ2n) is 6.22. The van der Waals surface area contributed by atoms with Gasteiger partial charge in [0.15, 0.2) is 0 Å². The van der Waals surface area contributed by atoms with Gasteiger partial charge in [-0.25, -0.2) is 0 Å². The van der Waals surface area contributed by atoms with Crippen LogP contribution in [0.2, 0.25) is 0 Å². The summed E-state index contributed by atoms with van der Waals surface area (Å²) in [6, 6.07) is 0. The van der Waals surface area contributed by atoms with Crippen LogP contribution >= 0.6 is 0 Å². The first-order valence-electron chi connectivity index (χ1n) is 8.00. The van der Waals surface area contributed by atoms with Gasteiger partial charge in [-0.3, -0.25) is 0 Å². The predicted molar refractivity (Wildman–Crippen MR) is 78.0 cm³/mol. The monoisotopic (exact) mass is 253 g/mol. The Hall–Kier alpha value is -0.120. The summed E-state index contributed by atoms with van der Waals surface area (Å²) in [5, 5.41) is 3.63. The summed E-state index contributed by atoms with van der Waals surface area (Å²) in [6.07, 6.45) is 6.98. The minimum atomic E-state index is 0.801. The van der Waals surface area contributed by atoms with Gasteiger partial charge in [-0.2, -0.15) is 0 Å². The fourth-order valence-corrected chi connectivity index (χ4v) is 3.25. The molecule has 0 aliphatic carbocycles. The van der Waals surface area contributed by atoms with Crippen LogP contribution in [0.4, 0.5) is 0 Å². The van der Waals surface area contributed by atoms with E-state index >= 15 is 0 Å². The molecular formula is C15H31N3. The summed E-state index contributed by atoms with van der Waals surface area (Å²) < 4.78 is 0. The zero-order chi connectivity index (χ0) is 12.6. The van der Waals surface area contributed by atoms with Crippen molar-refractivity contribution < 1.29 is 0 Å². The molecule has 106 valence electrons. The first kappa shape index (κ1) is 14.3. The van der Waals surface area contributed by atoms with Crippen molar-refractivity contribution in [1.29, 1.82) is 0 Å². The molecule has 2 fully saturated rings. The minimum absolute atomic E-state index is 0.801. The quantitative estimate of drug-likeness (QED) is 0.665. The second kappa shape index (κ2) is 8.13. The number of nitrogens with one attached hydrogen (secondary N) is 1. The number of nitrogens with zero attached hydrogens (tertiary/aromatic N) is 2. The van der Waals surface area contributed by atoms with Crippen molar-refractivity contribution in [3.05, 3.63) is 0 Å². The van der Waals surface area contributed by atoms with E-state index in [0.29, 0.717) is 0 Å². The number of hydrogen-bond acceptors (Lipinski definition) is 3. The van der Waals surface area contributed by atoms with E-state index in [1.54, 1.807) is 0 Å². The SMILES string of the molecule is CC(CNCCCN1CCCC1)CN1CCCC1. The smallest absolute Gasteiger partial charge is 0.00191 e. The molecule has 3 heteroatoms. The Kier molecular flexibility index (Phi) is 6.46. The normalized spacial score (nSPS) is 23.8. The first-order valence-corrected chi connectivity index (χ1v) is 8.00. The Bertz CT molecular complexity index is 208. The molecule has 0 aromatic rings. The highest BCUT2D eigenvalue weighted by Crippen LogP contribution is 2.10. The van der Waals surface area contributed by atoms with E-state index in [1.165, 1.54) is 84.5 Å². The molecule has 1 atom stereocenters. The van der Waals surface area contributed by atoms with E-state index in [9.17, 15) is 0 Å². The summed E-state index contributed by atoms with van der Waals surface area (Å²) in [5.74, 6) is 0.801. The van der Waals surface area contributed by atoms with Crippen LogP contribution in [0.5, 0.6) is 0 Å². The maximum absolute atomic E-state index is 3.63. The molecule has 0 saturated carbocycles. The van der Waals surface area contributed by atoms with Gasteiger partial charge in [0, 0.05) is 6.54 Å². The molecule has 0 aromatic heterocycles. The van der Waals surface area contributed by atoms with Gasteiger partial charge in [0.1, 0.15) is 0 Å². The van der Waals surface area contributed by atoms with Crippen molar-refractivity contribution in [3.8, 4) is 0 Å². The van der Waals surface area contributed by atoms with Crippen molar-refractivity contribution in [2.75, 3.05) is 52.4 Å². The largest absolute Gasteiger partial charge is 0.316 e. The fraction of sp³-hybridized carbons (Fsp3) is 1.00. The molecule has 1 unspecified atom stereocenters. The molecule has 2 rings (SSSR count). The average Bonchev–Trinajstić information content (AvgIpc) is 3.01. The van der Waals surface area contributed by atoms with Crippen LogP contribution < -0.4 is 5.32 Å². The Morgan fingerprint density at radius 3 is 2.22 bits per heavy atom. The molecule has 1 N–H and O–H groups in total. The van der Waals surface area contributed by atoms with Gasteiger partial charge in [0.2, 0.25) is 0 Å². The third-order valence-electron chi connectivity index (χ3n) is 4.29. The van der Waals surface area contributed by atoms with E-state index in [2.05, 4.69) is 22.0 Å².